The van der Waals surface area contributed by atoms with Gasteiger partial charge >= 0.3 is 0 Å². The number of likely N-dealkylation sites (N-methyl/N-ethyl adjacent to an activating group) is 1. The van der Waals surface area contributed by atoms with Gasteiger partial charge in [-0.2, -0.15) is 0 Å². The fraction of sp³-hybridized carbons (Fsp3) is 0.500. The van der Waals surface area contributed by atoms with Crippen LogP contribution in [0.2, 0.25) is 10.0 Å². The number of hydrogen-bond acceptors (Lipinski definition) is 3. The smallest absolute Gasteiger partial charge is 0.262 e. The maximum absolute atomic E-state index is 12.6. The molecule has 25 heavy (non-hydrogen) atoms. The molecule has 0 saturated heterocycles. The van der Waals surface area contributed by atoms with Crippen molar-refractivity contribution in [1.29, 1.82) is 0 Å². The topological polar surface area (TPSA) is 57.7 Å². The molecule has 3 rings (SSSR count). The minimum Gasteiger partial charge on any atom is -0.341 e. The highest BCUT2D eigenvalue weighted by Gasteiger charge is 2.38. The Balaban J connectivity index is 1.72. The highest BCUT2D eigenvalue weighted by molar-refractivity contribution is 6.43. The zero-order chi connectivity index (χ0) is 18.3. The molecule has 0 unspecified atom stereocenters. The minimum absolute atomic E-state index is 0.169. The van der Waals surface area contributed by atoms with Crippen LogP contribution in [-0.2, 0) is 4.79 Å². The summed E-state index contributed by atoms with van der Waals surface area (Å²) in [4.78, 5) is 40.2. The van der Waals surface area contributed by atoms with E-state index in [2.05, 4.69) is 6.92 Å². The van der Waals surface area contributed by atoms with Crippen molar-refractivity contribution in [2.24, 2.45) is 5.92 Å². The number of imide groups is 1. The monoisotopic (exact) mass is 382 g/mol. The van der Waals surface area contributed by atoms with Crippen molar-refractivity contribution in [3.63, 3.8) is 0 Å². The third-order valence-corrected chi connectivity index (χ3v) is 5.95. The van der Waals surface area contributed by atoms with Crippen LogP contribution in [0.25, 0.3) is 0 Å². The first-order valence-corrected chi connectivity index (χ1v) is 9.16. The van der Waals surface area contributed by atoms with E-state index in [0.29, 0.717) is 5.92 Å². The highest BCUT2D eigenvalue weighted by Crippen LogP contribution is 2.32. The second-order valence-electron chi connectivity index (χ2n) is 6.93. The fourth-order valence-corrected chi connectivity index (χ4v) is 3.83. The first-order chi connectivity index (χ1) is 11.8. The number of rotatable bonds is 3. The molecule has 3 amide bonds. The van der Waals surface area contributed by atoms with Gasteiger partial charge < -0.3 is 4.90 Å². The van der Waals surface area contributed by atoms with Gasteiger partial charge in [-0.05, 0) is 43.7 Å². The summed E-state index contributed by atoms with van der Waals surface area (Å²) in [5.41, 5.74) is 0.391. The molecule has 2 aliphatic rings. The molecule has 1 aliphatic heterocycles. The molecular weight excluding hydrogens is 363 g/mol. The molecule has 1 aromatic rings. The van der Waals surface area contributed by atoms with Crippen LogP contribution in [0.5, 0.6) is 0 Å². The van der Waals surface area contributed by atoms with Crippen LogP contribution in [0, 0.1) is 5.92 Å². The molecule has 1 fully saturated rings. The van der Waals surface area contributed by atoms with Gasteiger partial charge in [0, 0.05) is 13.1 Å². The van der Waals surface area contributed by atoms with Crippen LogP contribution < -0.4 is 0 Å². The van der Waals surface area contributed by atoms with Gasteiger partial charge in [0.15, 0.2) is 0 Å². The summed E-state index contributed by atoms with van der Waals surface area (Å²) in [5.74, 6) is -0.549. The molecule has 0 aromatic heterocycles. The largest absolute Gasteiger partial charge is 0.341 e. The van der Waals surface area contributed by atoms with E-state index < -0.39 is 11.8 Å². The molecule has 0 N–H and O–H groups in total. The lowest BCUT2D eigenvalue weighted by molar-refractivity contribution is -0.133. The highest BCUT2D eigenvalue weighted by atomic mass is 35.5. The Hall–Kier alpha value is -1.59. The van der Waals surface area contributed by atoms with Crippen molar-refractivity contribution in [2.75, 3.05) is 13.6 Å². The molecule has 1 heterocycles. The Labute approximate surface area is 156 Å². The number of halogens is 2. The lowest BCUT2D eigenvalue weighted by atomic mass is 9.87. The SMILES string of the molecule is CC1CCC(N(C)C(=O)CN2C(=O)c3cc(Cl)c(Cl)cc3C2=O)CC1. The molecule has 0 spiro atoms. The molecule has 0 bridgehead atoms. The standard InChI is InChI=1S/C18H20Cl2N2O3/c1-10-3-5-11(6-4-10)21(2)16(23)9-22-17(24)12-7-14(19)15(20)8-13(12)18(22)25/h7-8,10-11H,3-6,9H2,1-2H3. The molecule has 0 atom stereocenters. The summed E-state index contributed by atoms with van der Waals surface area (Å²) in [6, 6.07) is 2.94. The average molecular weight is 383 g/mol. The van der Waals surface area contributed by atoms with Crippen LogP contribution in [0.15, 0.2) is 12.1 Å². The summed E-state index contributed by atoms with van der Waals surface area (Å²) in [6.45, 7) is 1.96. The van der Waals surface area contributed by atoms with Gasteiger partial charge in [0.1, 0.15) is 6.54 Å². The van der Waals surface area contributed by atoms with Crippen LogP contribution in [0.1, 0.15) is 53.3 Å². The lowest BCUT2D eigenvalue weighted by Gasteiger charge is -2.34. The van der Waals surface area contributed by atoms with E-state index in [0.717, 1.165) is 30.6 Å². The van der Waals surface area contributed by atoms with Crippen LogP contribution in [0.4, 0.5) is 0 Å². The zero-order valence-corrected chi connectivity index (χ0v) is 15.7. The van der Waals surface area contributed by atoms with E-state index >= 15 is 0 Å². The molecule has 134 valence electrons. The molecule has 0 radical (unpaired) electrons. The van der Waals surface area contributed by atoms with E-state index in [1.165, 1.54) is 12.1 Å². The molecule has 1 aromatic carbocycles. The lowest BCUT2D eigenvalue weighted by Crippen LogP contribution is -2.46. The van der Waals surface area contributed by atoms with E-state index in [9.17, 15) is 14.4 Å². The predicted molar refractivity (Wildman–Crippen MR) is 96.0 cm³/mol. The number of amides is 3. The van der Waals surface area contributed by atoms with Crippen molar-refractivity contribution < 1.29 is 14.4 Å². The van der Waals surface area contributed by atoms with Crippen molar-refractivity contribution in [3.05, 3.63) is 33.3 Å². The van der Waals surface area contributed by atoms with Crippen LogP contribution in [-0.4, -0.2) is 47.2 Å². The normalized spacial score (nSPS) is 23.0. The third kappa shape index (κ3) is 3.40. The van der Waals surface area contributed by atoms with Crippen LogP contribution >= 0.6 is 23.2 Å². The van der Waals surface area contributed by atoms with E-state index in [-0.39, 0.29) is 39.7 Å². The van der Waals surface area contributed by atoms with Gasteiger partial charge in [-0.15, -0.1) is 0 Å². The van der Waals surface area contributed by atoms with Crippen molar-refractivity contribution in [3.8, 4) is 0 Å². The molecular formula is C18H20Cl2N2O3. The first kappa shape index (κ1) is 18.2. The minimum atomic E-state index is -0.502. The van der Waals surface area contributed by atoms with Gasteiger partial charge in [-0.25, -0.2) is 0 Å². The van der Waals surface area contributed by atoms with Gasteiger partial charge in [-0.3, -0.25) is 19.3 Å². The second-order valence-corrected chi connectivity index (χ2v) is 7.74. The van der Waals surface area contributed by atoms with Gasteiger partial charge in [0.2, 0.25) is 5.91 Å². The number of carbonyl (C=O) groups is 3. The number of fused-ring (bicyclic) bond motifs is 1. The molecule has 1 aliphatic carbocycles. The zero-order valence-electron chi connectivity index (χ0n) is 14.2. The fourth-order valence-electron chi connectivity index (χ4n) is 3.51. The molecule has 1 saturated carbocycles. The quantitative estimate of drug-likeness (QED) is 0.749. The van der Waals surface area contributed by atoms with Crippen molar-refractivity contribution >= 4 is 40.9 Å². The Morgan fingerprint density at radius 3 is 2.04 bits per heavy atom. The molecule has 5 nitrogen and oxygen atoms in total. The average Bonchev–Trinajstić information content (AvgIpc) is 2.80. The van der Waals surface area contributed by atoms with Crippen LogP contribution in [0.3, 0.4) is 0 Å². The maximum Gasteiger partial charge on any atom is 0.262 e. The third-order valence-electron chi connectivity index (χ3n) is 5.23. The summed E-state index contributed by atoms with van der Waals surface area (Å²) in [7, 11) is 1.74. The van der Waals surface area contributed by atoms with E-state index in [1.54, 1.807) is 11.9 Å². The second kappa shape index (κ2) is 6.96. The Morgan fingerprint density at radius 2 is 1.56 bits per heavy atom. The van der Waals surface area contributed by atoms with Gasteiger partial charge in [0.25, 0.3) is 11.8 Å². The van der Waals surface area contributed by atoms with E-state index in [1.807, 2.05) is 0 Å². The summed E-state index contributed by atoms with van der Waals surface area (Å²) in [5, 5.41) is 0.423. The van der Waals surface area contributed by atoms with Crippen molar-refractivity contribution in [1.82, 2.24) is 9.80 Å². The summed E-state index contributed by atoms with van der Waals surface area (Å²) < 4.78 is 0. The maximum atomic E-state index is 12.6. The first-order valence-electron chi connectivity index (χ1n) is 8.40. The number of hydrogen-bond donors (Lipinski definition) is 0. The summed E-state index contributed by atoms with van der Waals surface area (Å²) >= 11 is 11.9. The van der Waals surface area contributed by atoms with E-state index in [4.69, 9.17) is 23.2 Å². The van der Waals surface area contributed by atoms with Crippen molar-refractivity contribution in [2.45, 2.75) is 38.6 Å². The predicted octanol–water partition coefficient (Wildman–Crippen LogP) is 3.63. The van der Waals surface area contributed by atoms with Gasteiger partial charge in [0.05, 0.1) is 21.2 Å². The Bertz CT molecular complexity index is 701. The molecule has 7 heteroatoms. The number of nitrogens with zero attached hydrogens (tertiary/aromatic N) is 2. The Kier molecular flexibility index (Phi) is 5.07. The Morgan fingerprint density at radius 1 is 1.08 bits per heavy atom. The summed E-state index contributed by atoms with van der Waals surface area (Å²) in [6.07, 6.45) is 4.09. The number of benzene rings is 1. The van der Waals surface area contributed by atoms with Gasteiger partial charge in [-0.1, -0.05) is 30.1 Å². The number of carbonyl (C=O) groups excluding carboxylic acids is 3.